The molecule has 2 heterocycles. The molecular weight excluding hydrogens is 516 g/mol. The van der Waals surface area contributed by atoms with Crippen LogP contribution >= 0.6 is 0 Å². The third kappa shape index (κ3) is 6.12. The molecule has 2 aromatic heterocycles. The third-order valence-corrected chi connectivity index (χ3v) is 5.72. The van der Waals surface area contributed by atoms with Crippen molar-refractivity contribution < 1.29 is 24.2 Å². The van der Waals surface area contributed by atoms with Crippen LogP contribution in [-0.4, -0.2) is 48.2 Å². The summed E-state index contributed by atoms with van der Waals surface area (Å²) in [6.07, 6.45) is 1.86. The van der Waals surface area contributed by atoms with E-state index in [1.165, 1.54) is 10.6 Å². The van der Waals surface area contributed by atoms with Gasteiger partial charge < -0.3 is 15.2 Å². The van der Waals surface area contributed by atoms with E-state index < -0.39 is 35.2 Å². The van der Waals surface area contributed by atoms with Gasteiger partial charge in [-0.05, 0) is 51.5 Å². The van der Waals surface area contributed by atoms with E-state index >= 15 is 0 Å². The van der Waals surface area contributed by atoms with Crippen LogP contribution in [0.3, 0.4) is 0 Å². The van der Waals surface area contributed by atoms with E-state index in [1.54, 1.807) is 63.2 Å². The Hall–Kier alpha value is -5.13. The maximum absolute atomic E-state index is 14.1. The number of rotatable bonds is 7. The summed E-state index contributed by atoms with van der Waals surface area (Å²) in [5, 5.41) is 14.4. The van der Waals surface area contributed by atoms with Crippen LogP contribution in [0.5, 0.6) is 0 Å². The number of para-hydroxylation sites is 1. The lowest BCUT2D eigenvalue weighted by atomic mass is 10.1. The number of fused-ring (bicyclic) bond motifs is 1. The fourth-order valence-electron chi connectivity index (χ4n) is 3.97. The predicted octanol–water partition coefficient (Wildman–Crippen LogP) is 4.10. The number of ether oxygens (including phenoxy) is 1. The summed E-state index contributed by atoms with van der Waals surface area (Å²) in [7, 11) is 0. The van der Waals surface area contributed by atoms with Gasteiger partial charge in [0.1, 0.15) is 11.4 Å². The number of carboxylic acids is 1. The summed E-state index contributed by atoms with van der Waals surface area (Å²) in [6.45, 7) is 7.09. The molecule has 0 saturated heterocycles. The largest absolute Gasteiger partial charge is 0.478 e. The highest BCUT2D eigenvalue weighted by molar-refractivity contribution is 6.11. The van der Waals surface area contributed by atoms with Crippen molar-refractivity contribution in [2.24, 2.45) is 0 Å². The molecule has 4 rings (SSSR count). The fraction of sp³-hybridized carbons (Fsp3) is 0.250. The SMILES string of the molecule is CCC(NC(=O)OC(C)(C)C)c1nc2cccc(C(=O)Nc3ncc(C(=O)O)cn3)c2c(=O)n1-c1ccccc1. The lowest BCUT2D eigenvalue weighted by Gasteiger charge is -2.25. The fourth-order valence-corrected chi connectivity index (χ4v) is 3.97. The van der Waals surface area contributed by atoms with E-state index in [0.717, 1.165) is 12.4 Å². The number of alkyl carbamates (subject to hydrolysis) is 1. The number of carboxylic acid groups (broad SMARTS) is 1. The topological polar surface area (TPSA) is 165 Å². The molecule has 3 N–H and O–H groups in total. The average Bonchev–Trinajstić information content (AvgIpc) is 2.91. The predicted molar refractivity (Wildman–Crippen MR) is 147 cm³/mol. The van der Waals surface area contributed by atoms with Crippen molar-refractivity contribution in [1.82, 2.24) is 24.8 Å². The molecule has 0 bridgehead atoms. The Bertz CT molecular complexity index is 1630. The molecule has 2 amide bonds. The minimum Gasteiger partial charge on any atom is -0.478 e. The lowest BCUT2D eigenvalue weighted by Crippen LogP contribution is -2.38. The van der Waals surface area contributed by atoms with Gasteiger partial charge in [0.15, 0.2) is 0 Å². The summed E-state index contributed by atoms with van der Waals surface area (Å²) >= 11 is 0. The van der Waals surface area contributed by atoms with Gasteiger partial charge in [0, 0.05) is 12.4 Å². The number of aromatic nitrogens is 4. The van der Waals surface area contributed by atoms with E-state index in [4.69, 9.17) is 14.8 Å². The van der Waals surface area contributed by atoms with Crippen LogP contribution < -0.4 is 16.2 Å². The first-order chi connectivity index (χ1) is 19.0. The van der Waals surface area contributed by atoms with Crippen molar-refractivity contribution in [3.8, 4) is 5.69 Å². The average molecular weight is 545 g/mol. The van der Waals surface area contributed by atoms with Gasteiger partial charge in [0.2, 0.25) is 5.95 Å². The molecule has 0 radical (unpaired) electrons. The number of carbonyl (C=O) groups is 3. The highest BCUT2D eigenvalue weighted by Gasteiger charge is 2.26. The zero-order valence-electron chi connectivity index (χ0n) is 22.3. The quantitative estimate of drug-likeness (QED) is 0.310. The van der Waals surface area contributed by atoms with Crippen LogP contribution in [0, 0.1) is 0 Å². The first-order valence-corrected chi connectivity index (χ1v) is 12.5. The summed E-state index contributed by atoms with van der Waals surface area (Å²) in [5.74, 6) is -1.75. The van der Waals surface area contributed by atoms with E-state index in [2.05, 4.69) is 20.6 Å². The summed E-state index contributed by atoms with van der Waals surface area (Å²) < 4.78 is 6.78. The molecule has 12 heteroatoms. The van der Waals surface area contributed by atoms with E-state index in [0.29, 0.717) is 12.1 Å². The maximum Gasteiger partial charge on any atom is 0.408 e. The third-order valence-electron chi connectivity index (χ3n) is 5.72. The highest BCUT2D eigenvalue weighted by Crippen LogP contribution is 2.23. The Morgan fingerprint density at radius 3 is 2.30 bits per heavy atom. The van der Waals surface area contributed by atoms with E-state index in [1.807, 2.05) is 6.92 Å². The molecule has 206 valence electrons. The Morgan fingerprint density at radius 2 is 1.70 bits per heavy atom. The number of aromatic carboxylic acids is 1. The molecule has 4 aromatic rings. The molecule has 0 spiro atoms. The van der Waals surface area contributed by atoms with Crippen LogP contribution in [-0.2, 0) is 4.74 Å². The Morgan fingerprint density at radius 1 is 1.02 bits per heavy atom. The first kappa shape index (κ1) is 27.9. The van der Waals surface area contributed by atoms with Crippen LogP contribution in [0.4, 0.5) is 10.7 Å². The van der Waals surface area contributed by atoms with E-state index in [9.17, 15) is 19.2 Å². The van der Waals surface area contributed by atoms with Crippen molar-refractivity contribution in [2.45, 2.75) is 45.8 Å². The number of amides is 2. The first-order valence-electron chi connectivity index (χ1n) is 12.5. The van der Waals surface area contributed by atoms with Gasteiger partial charge >= 0.3 is 12.1 Å². The summed E-state index contributed by atoms with van der Waals surface area (Å²) in [5.41, 5.74) is -0.640. The van der Waals surface area contributed by atoms with Crippen molar-refractivity contribution >= 4 is 34.8 Å². The molecule has 1 unspecified atom stereocenters. The second-order valence-corrected chi connectivity index (χ2v) is 9.81. The number of benzene rings is 2. The van der Waals surface area contributed by atoms with Crippen molar-refractivity contribution in [1.29, 1.82) is 0 Å². The van der Waals surface area contributed by atoms with Crippen molar-refractivity contribution in [3.05, 3.63) is 88.2 Å². The van der Waals surface area contributed by atoms with Gasteiger partial charge in [0.25, 0.3) is 11.5 Å². The Kier molecular flexibility index (Phi) is 7.89. The maximum atomic E-state index is 14.1. The van der Waals surface area contributed by atoms with Crippen LogP contribution in [0.2, 0.25) is 0 Å². The monoisotopic (exact) mass is 544 g/mol. The van der Waals surface area contributed by atoms with E-state index in [-0.39, 0.29) is 33.8 Å². The number of carbonyl (C=O) groups excluding carboxylic acids is 2. The molecule has 1 atom stereocenters. The normalized spacial score (nSPS) is 12.0. The van der Waals surface area contributed by atoms with Crippen molar-refractivity contribution in [3.63, 3.8) is 0 Å². The van der Waals surface area contributed by atoms with Gasteiger partial charge in [-0.25, -0.2) is 24.5 Å². The van der Waals surface area contributed by atoms with Gasteiger partial charge in [-0.15, -0.1) is 0 Å². The minimum atomic E-state index is -1.21. The summed E-state index contributed by atoms with van der Waals surface area (Å²) in [4.78, 5) is 63.5. The Balaban J connectivity index is 1.83. The van der Waals surface area contributed by atoms with Crippen LogP contribution in [0.25, 0.3) is 16.6 Å². The lowest BCUT2D eigenvalue weighted by molar-refractivity contribution is 0.0498. The molecule has 40 heavy (non-hydrogen) atoms. The minimum absolute atomic E-state index is 0.0188. The Labute approximate surface area is 229 Å². The van der Waals surface area contributed by atoms with Gasteiger partial charge in [-0.2, -0.15) is 0 Å². The molecule has 12 nitrogen and oxygen atoms in total. The van der Waals surface area contributed by atoms with Crippen LogP contribution in [0.15, 0.2) is 65.7 Å². The van der Waals surface area contributed by atoms with Crippen LogP contribution in [0.1, 0.15) is 66.7 Å². The standard InChI is InChI=1S/C28H28N6O6/c1-5-19(32-27(39)40-28(2,3)4)22-31-20-13-9-12-18(21(20)24(36)34(22)17-10-7-6-8-11-17)23(35)33-26-29-14-16(15-30-26)25(37)38/h6-15,19H,5H2,1-4H3,(H,32,39)(H,37,38)(H,29,30,33,35). The smallest absolute Gasteiger partial charge is 0.408 e. The van der Waals surface area contributed by atoms with Crippen molar-refractivity contribution in [2.75, 3.05) is 5.32 Å². The zero-order valence-corrected chi connectivity index (χ0v) is 22.3. The van der Waals surface area contributed by atoms with Gasteiger partial charge in [-0.1, -0.05) is 31.2 Å². The zero-order chi connectivity index (χ0) is 29.0. The molecular formula is C28H28N6O6. The number of hydrogen-bond donors (Lipinski definition) is 3. The second-order valence-electron chi connectivity index (χ2n) is 9.81. The molecule has 0 aliphatic carbocycles. The molecule has 0 saturated carbocycles. The number of anilines is 1. The molecule has 0 aliphatic heterocycles. The second kappa shape index (κ2) is 11.3. The summed E-state index contributed by atoms with van der Waals surface area (Å²) in [6, 6.07) is 12.7. The van der Waals surface area contributed by atoms with Gasteiger partial charge in [0.05, 0.1) is 33.8 Å². The molecule has 0 fully saturated rings. The number of hydrogen-bond acceptors (Lipinski definition) is 8. The highest BCUT2D eigenvalue weighted by atomic mass is 16.6. The molecule has 2 aromatic carbocycles. The number of nitrogens with zero attached hydrogens (tertiary/aromatic N) is 4. The number of nitrogens with one attached hydrogen (secondary N) is 2. The van der Waals surface area contributed by atoms with Gasteiger partial charge in [-0.3, -0.25) is 19.5 Å². The molecule has 0 aliphatic rings.